The van der Waals surface area contributed by atoms with Crippen molar-refractivity contribution in [3.8, 4) is 0 Å². The molecule has 6 heteroatoms. The molecule has 0 aliphatic heterocycles. The van der Waals surface area contributed by atoms with Crippen LogP contribution in [0.3, 0.4) is 0 Å². The Bertz CT molecular complexity index is 823. The van der Waals surface area contributed by atoms with Gasteiger partial charge < -0.3 is 5.32 Å². The Morgan fingerprint density at radius 3 is 2.86 bits per heavy atom. The Morgan fingerprint density at radius 1 is 1.27 bits per heavy atom. The number of amides is 1. The largest absolute Gasteiger partial charge is 0.341 e. The fraction of sp³-hybridized carbons (Fsp3) is 0.250. The number of imidazole rings is 1. The zero-order valence-electron chi connectivity index (χ0n) is 12.0. The molecule has 6 nitrogen and oxygen atoms in total. The van der Waals surface area contributed by atoms with Gasteiger partial charge in [0.15, 0.2) is 5.52 Å². The minimum Gasteiger partial charge on any atom is -0.341 e. The SMILES string of the molecule is O=C(NCc1ncccn1)c1[nH]c(C2CC2)[n+]2ccccc12. The Balaban J connectivity index is 1.61. The molecule has 1 aliphatic rings. The van der Waals surface area contributed by atoms with Crippen molar-refractivity contribution in [2.75, 3.05) is 0 Å². The molecule has 0 spiro atoms. The lowest BCUT2D eigenvalue weighted by molar-refractivity contribution is -0.521. The summed E-state index contributed by atoms with van der Waals surface area (Å²) in [5.41, 5.74) is 1.49. The van der Waals surface area contributed by atoms with E-state index in [-0.39, 0.29) is 5.91 Å². The van der Waals surface area contributed by atoms with Crippen molar-refractivity contribution in [3.05, 3.63) is 60.2 Å². The molecule has 2 N–H and O–H groups in total. The van der Waals surface area contributed by atoms with Gasteiger partial charge in [0.25, 0.3) is 11.7 Å². The van der Waals surface area contributed by atoms with Crippen molar-refractivity contribution in [3.63, 3.8) is 0 Å². The van der Waals surface area contributed by atoms with Crippen molar-refractivity contribution in [2.24, 2.45) is 0 Å². The van der Waals surface area contributed by atoms with Crippen molar-refractivity contribution in [2.45, 2.75) is 25.3 Å². The number of hydrogen-bond donors (Lipinski definition) is 2. The van der Waals surface area contributed by atoms with Crippen LogP contribution in [0.2, 0.25) is 0 Å². The van der Waals surface area contributed by atoms with Crippen LogP contribution in [0.4, 0.5) is 0 Å². The Labute approximate surface area is 127 Å². The van der Waals surface area contributed by atoms with Crippen LogP contribution in [0.25, 0.3) is 5.52 Å². The highest BCUT2D eigenvalue weighted by molar-refractivity contribution is 5.97. The van der Waals surface area contributed by atoms with E-state index in [4.69, 9.17) is 0 Å². The van der Waals surface area contributed by atoms with Gasteiger partial charge >= 0.3 is 0 Å². The van der Waals surface area contributed by atoms with Gasteiger partial charge in [0.1, 0.15) is 5.82 Å². The first-order chi connectivity index (χ1) is 10.8. The molecule has 1 fully saturated rings. The third-order valence-electron chi connectivity index (χ3n) is 3.85. The molecule has 3 aromatic rings. The third-order valence-corrected chi connectivity index (χ3v) is 3.85. The van der Waals surface area contributed by atoms with Crippen LogP contribution in [0.1, 0.15) is 40.9 Å². The number of nitrogens with zero attached hydrogens (tertiary/aromatic N) is 3. The number of aromatic amines is 1. The first-order valence-electron chi connectivity index (χ1n) is 7.39. The third kappa shape index (κ3) is 2.32. The summed E-state index contributed by atoms with van der Waals surface area (Å²) >= 11 is 0. The van der Waals surface area contributed by atoms with Gasteiger partial charge in [-0.25, -0.2) is 15.0 Å². The molecule has 0 bridgehead atoms. The predicted octanol–water partition coefficient (Wildman–Crippen LogP) is 1.35. The molecule has 0 unspecified atom stereocenters. The van der Waals surface area contributed by atoms with Gasteiger partial charge in [-0.2, -0.15) is 4.40 Å². The van der Waals surface area contributed by atoms with Crippen LogP contribution in [-0.2, 0) is 6.54 Å². The molecule has 4 rings (SSSR count). The van der Waals surface area contributed by atoms with Gasteiger partial charge in [0, 0.05) is 12.4 Å². The number of hydrogen-bond acceptors (Lipinski definition) is 3. The first-order valence-corrected chi connectivity index (χ1v) is 7.39. The van der Waals surface area contributed by atoms with Crippen LogP contribution in [0.5, 0.6) is 0 Å². The lowest BCUT2D eigenvalue weighted by Crippen LogP contribution is -2.26. The number of H-pyrrole nitrogens is 1. The van der Waals surface area contributed by atoms with Crippen LogP contribution >= 0.6 is 0 Å². The van der Waals surface area contributed by atoms with E-state index in [1.165, 1.54) is 12.8 Å². The van der Waals surface area contributed by atoms with Gasteiger partial charge in [-0.15, -0.1) is 0 Å². The summed E-state index contributed by atoms with van der Waals surface area (Å²) in [6.07, 6.45) is 7.68. The van der Waals surface area contributed by atoms with Crippen molar-refractivity contribution >= 4 is 11.4 Å². The van der Waals surface area contributed by atoms with Crippen LogP contribution in [0.15, 0.2) is 42.9 Å². The van der Waals surface area contributed by atoms with E-state index < -0.39 is 0 Å². The lowest BCUT2D eigenvalue weighted by atomic mass is 10.3. The normalized spacial score (nSPS) is 14.2. The van der Waals surface area contributed by atoms with E-state index >= 15 is 0 Å². The Hall–Kier alpha value is -2.76. The Kier molecular flexibility index (Phi) is 3.07. The van der Waals surface area contributed by atoms with E-state index in [1.54, 1.807) is 18.5 Å². The number of carbonyl (C=O) groups is 1. The van der Waals surface area contributed by atoms with E-state index in [0.717, 1.165) is 11.3 Å². The molecule has 3 heterocycles. The summed E-state index contributed by atoms with van der Waals surface area (Å²) in [5.74, 6) is 2.11. The average Bonchev–Trinajstić information content (AvgIpc) is 3.34. The molecule has 22 heavy (non-hydrogen) atoms. The van der Waals surface area contributed by atoms with Gasteiger partial charge in [-0.3, -0.25) is 4.79 Å². The van der Waals surface area contributed by atoms with Crippen molar-refractivity contribution < 1.29 is 9.20 Å². The number of fused-ring (bicyclic) bond motifs is 1. The maximum Gasteiger partial charge on any atom is 0.295 e. The molecule has 0 radical (unpaired) electrons. The highest BCUT2D eigenvalue weighted by Gasteiger charge is 2.35. The average molecular weight is 294 g/mol. The van der Waals surface area contributed by atoms with Crippen molar-refractivity contribution in [1.82, 2.24) is 20.3 Å². The first kappa shape index (κ1) is 12.9. The number of rotatable bonds is 4. The van der Waals surface area contributed by atoms with Gasteiger partial charge in [0.2, 0.25) is 5.69 Å². The maximum atomic E-state index is 12.5. The van der Waals surface area contributed by atoms with E-state index in [9.17, 15) is 4.79 Å². The summed E-state index contributed by atoms with van der Waals surface area (Å²) in [5, 5.41) is 2.87. The number of carbonyl (C=O) groups excluding carboxylic acids is 1. The van der Waals surface area contributed by atoms with Gasteiger partial charge in [0.05, 0.1) is 18.7 Å². The summed E-state index contributed by atoms with van der Waals surface area (Å²) in [7, 11) is 0. The predicted molar refractivity (Wildman–Crippen MR) is 79.1 cm³/mol. The molecular formula is C16H16N5O+. The molecule has 0 aromatic carbocycles. The molecule has 1 amide bonds. The molecule has 1 saturated carbocycles. The zero-order valence-corrected chi connectivity index (χ0v) is 12.0. The van der Waals surface area contributed by atoms with Gasteiger partial charge in [-0.1, -0.05) is 6.07 Å². The monoisotopic (exact) mass is 294 g/mol. The summed E-state index contributed by atoms with van der Waals surface area (Å²) in [6.45, 7) is 0.316. The van der Waals surface area contributed by atoms with Crippen LogP contribution in [-0.4, -0.2) is 20.9 Å². The molecule has 1 aliphatic carbocycles. The Morgan fingerprint density at radius 2 is 2.09 bits per heavy atom. The summed E-state index contributed by atoms with van der Waals surface area (Å²) in [4.78, 5) is 24.0. The standard InChI is InChI=1S/C16H15N5O/c22-16(19-10-13-17-7-3-8-18-13)14-12-4-1-2-9-21(12)15(20-14)11-5-6-11/h1-4,7-9,11H,5-6,10H2,(H,19,22)/p+1. The van der Waals surface area contributed by atoms with E-state index in [2.05, 4.69) is 24.7 Å². The minimum absolute atomic E-state index is 0.136. The fourth-order valence-electron chi connectivity index (χ4n) is 2.61. The molecule has 0 saturated heterocycles. The second kappa shape index (κ2) is 5.22. The zero-order chi connectivity index (χ0) is 14.9. The number of aromatic nitrogens is 4. The molecular weight excluding hydrogens is 278 g/mol. The van der Waals surface area contributed by atoms with E-state index in [0.29, 0.717) is 24.0 Å². The lowest BCUT2D eigenvalue weighted by Gasteiger charge is -2.00. The fourth-order valence-corrected chi connectivity index (χ4v) is 2.61. The minimum atomic E-state index is -0.136. The molecule has 110 valence electrons. The summed E-state index contributed by atoms with van der Waals surface area (Å²) < 4.78 is 2.07. The highest BCUT2D eigenvalue weighted by atomic mass is 16.1. The summed E-state index contributed by atoms with van der Waals surface area (Å²) in [6, 6.07) is 7.63. The number of pyridine rings is 1. The van der Waals surface area contributed by atoms with E-state index in [1.807, 2.05) is 24.4 Å². The number of nitrogens with one attached hydrogen (secondary N) is 2. The second-order valence-electron chi connectivity index (χ2n) is 5.46. The highest BCUT2D eigenvalue weighted by Crippen LogP contribution is 2.37. The topological polar surface area (TPSA) is 74.8 Å². The smallest absolute Gasteiger partial charge is 0.295 e. The van der Waals surface area contributed by atoms with Crippen LogP contribution in [0, 0.1) is 0 Å². The van der Waals surface area contributed by atoms with Crippen molar-refractivity contribution in [1.29, 1.82) is 0 Å². The molecule has 3 aromatic heterocycles. The molecule has 0 atom stereocenters. The van der Waals surface area contributed by atoms with Crippen LogP contribution < -0.4 is 9.72 Å². The quantitative estimate of drug-likeness (QED) is 0.713. The second-order valence-corrected chi connectivity index (χ2v) is 5.46. The maximum absolute atomic E-state index is 12.5. The van der Waals surface area contributed by atoms with Gasteiger partial charge in [-0.05, 0) is 31.0 Å².